The minimum absolute atomic E-state index is 0.0819. The van der Waals surface area contributed by atoms with Gasteiger partial charge in [0.2, 0.25) is 5.78 Å². The SMILES string of the molecule is CO[C@@H](c1cc(C)co1)[C@H](C)[C@@H]1C[C@H](O)[C@@](C)([C@H]2CCC(C)=C(O)C2=O)O1. The molecule has 27 heavy (non-hydrogen) atoms. The zero-order valence-electron chi connectivity index (χ0n) is 16.7. The van der Waals surface area contributed by atoms with Crippen molar-refractivity contribution < 1.29 is 28.9 Å². The summed E-state index contributed by atoms with van der Waals surface area (Å²) in [5.74, 6) is -0.430. The zero-order chi connectivity index (χ0) is 19.9. The van der Waals surface area contributed by atoms with Crippen LogP contribution in [0.2, 0.25) is 0 Å². The number of hydrogen-bond acceptors (Lipinski definition) is 6. The molecule has 1 fully saturated rings. The van der Waals surface area contributed by atoms with E-state index in [1.807, 2.05) is 19.9 Å². The van der Waals surface area contributed by atoms with Crippen LogP contribution in [0.4, 0.5) is 0 Å². The molecule has 0 bridgehead atoms. The van der Waals surface area contributed by atoms with Crippen LogP contribution in [-0.2, 0) is 14.3 Å². The van der Waals surface area contributed by atoms with Crippen LogP contribution in [-0.4, -0.2) is 40.9 Å². The second-order valence-electron chi connectivity index (χ2n) is 8.22. The van der Waals surface area contributed by atoms with Crippen molar-refractivity contribution in [2.75, 3.05) is 7.11 Å². The van der Waals surface area contributed by atoms with E-state index in [1.165, 1.54) is 0 Å². The molecule has 6 atom stereocenters. The molecular formula is C21H30O6. The normalized spacial score (nSPS) is 34.1. The predicted octanol–water partition coefficient (Wildman–Crippen LogP) is 3.63. The molecule has 6 heteroatoms. The molecule has 0 aromatic carbocycles. The summed E-state index contributed by atoms with van der Waals surface area (Å²) in [7, 11) is 1.62. The molecule has 1 saturated heterocycles. The van der Waals surface area contributed by atoms with Crippen LogP contribution < -0.4 is 0 Å². The Hall–Kier alpha value is -1.63. The van der Waals surface area contributed by atoms with Gasteiger partial charge in [-0.2, -0.15) is 0 Å². The number of carbonyl (C=O) groups is 1. The predicted molar refractivity (Wildman–Crippen MR) is 99.3 cm³/mol. The zero-order valence-corrected chi connectivity index (χ0v) is 16.7. The molecule has 0 saturated carbocycles. The fraction of sp³-hybridized carbons (Fsp3) is 0.667. The number of ether oxygens (including phenoxy) is 2. The highest BCUT2D eigenvalue weighted by Crippen LogP contribution is 2.46. The van der Waals surface area contributed by atoms with Gasteiger partial charge in [0.25, 0.3) is 0 Å². The summed E-state index contributed by atoms with van der Waals surface area (Å²) in [6.07, 6.45) is 1.89. The Morgan fingerprint density at radius 1 is 1.37 bits per heavy atom. The molecule has 0 radical (unpaired) electrons. The number of Topliss-reactive ketones (excluding diaryl/α,β-unsaturated/α-hetero) is 1. The molecule has 0 amide bonds. The van der Waals surface area contributed by atoms with Gasteiger partial charge in [-0.25, -0.2) is 0 Å². The third-order valence-corrected chi connectivity index (χ3v) is 6.33. The molecule has 1 aliphatic heterocycles. The van der Waals surface area contributed by atoms with Crippen LogP contribution in [0.15, 0.2) is 28.1 Å². The van der Waals surface area contributed by atoms with Gasteiger partial charge in [0.15, 0.2) is 5.76 Å². The van der Waals surface area contributed by atoms with Crippen LogP contribution in [0.5, 0.6) is 0 Å². The summed E-state index contributed by atoms with van der Waals surface area (Å²) < 4.78 is 17.6. The number of aliphatic hydroxyl groups is 2. The van der Waals surface area contributed by atoms with Crippen LogP contribution in [0.1, 0.15) is 57.5 Å². The van der Waals surface area contributed by atoms with Crippen LogP contribution in [0, 0.1) is 18.8 Å². The lowest BCUT2D eigenvalue weighted by atomic mass is 9.74. The Kier molecular flexibility index (Phi) is 5.52. The van der Waals surface area contributed by atoms with E-state index in [0.717, 1.165) is 11.3 Å². The summed E-state index contributed by atoms with van der Waals surface area (Å²) in [4.78, 5) is 12.6. The fourth-order valence-electron chi connectivity index (χ4n) is 4.46. The Bertz CT molecular complexity index is 735. The van der Waals surface area contributed by atoms with Crippen LogP contribution >= 0.6 is 0 Å². The molecule has 2 N–H and O–H groups in total. The van der Waals surface area contributed by atoms with Gasteiger partial charge in [0.05, 0.1) is 24.4 Å². The first-order valence-electron chi connectivity index (χ1n) is 9.55. The molecule has 1 aromatic heterocycles. The van der Waals surface area contributed by atoms with Crippen molar-refractivity contribution in [3.05, 3.63) is 35.0 Å². The van der Waals surface area contributed by atoms with Gasteiger partial charge in [-0.15, -0.1) is 0 Å². The number of allylic oxidation sites excluding steroid dienone is 2. The molecule has 3 rings (SSSR count). The largest absolute Gasteiger partial charge is 0.504 e. The second-order valence-corrected chi connectivity index (χ2v) is 8.22. The molecule has 1 aliphatic carbocycles. The average Bonchev–Trinajstić information content (AvgIpc) is 3.17. The molecule has 6 nitrogen and oxygen atoms in total. The van der Waals surface area contributed by atoms with Gasteiger partial charge < -0.3 is 24.1 Å². The summed E-state index contributed by atoms with van der Waals surface area (Å²) in [6.45, 7) is 7.49. The second kappa shape index (κ2) is 7.41. The van der Waals surface area contributed by atoms with Crippen molar-refractivity contribution in [3.8, 4) is 0 Å². The van der Waals surface area contributed by atoms with Crippen molar-refractivity contribution in [3.63, 3.8) is 0 Å². The Balaban J connectivity index is 1.80. The molecule has 1 aromatic rings. The van der Waals surface area contributed by atoms with Gasteiger partial charge in [0, 0.05) is 19.4 Å². The number of carbonyl (C=O) groups excluding carboxylic acids is 1. The number of ketones is 1. The highest BCUT2D eigenvalue weighted by Gasteiger charge is 2.55. The van der Waals surface area contributed by atoms with E-state index in [-0.39, 0.29) is 29.7 Å². The first-order valence-corrected chi connectivity index (χ1v) is 9.55. The van der Waals surface area contributed by atoms with E-state index in [1.54, 1.807) is 27.2 Å². The minimum Gasteiger partial charge on any atom is -0.504 e. The van der Waals surface area contributed by atoms with Gasteiger partial charge in [0.1, 0.15) is 17.5 Å². The smallest absolute Gasteiger partial charge is 0.203 e. The quantitative estimate of drug-likeness (QED) is 0.813. The number of furan rings is 1. The highest BCUT2D eigenvalue weighted by molar-refractivity contribution is 5.97. The Labute approximate surface area is 160 Å². The number of rotatable bonds is 5. The van der Waals surface area contributed by atoms with E-state index < -0.39 is 17.6 Å². The van der Waals surface area contributed by atoms with E-state index >= 15 is 0 Å². The average molecular weight is 378 g/mol. The molecule has 0 unspecified atom stereocenters. The van der Waals surface area contributed by atoms with E-state index in [2.05, 4.69) is 0 Å². The molecule has 150 valence electrons. The van der Waals surface area contributed by atoms with Crippen molar-refractivity contribution in [1.29, 1.82) is 0 Å². The maximum atomic E-state index is 12.6. The van der Waals surface area contributed by atoms with Gasteiger partial charge in [-0.05, 0) is 50.8 Å². The van der Waals surface area contributed by atoms with Gasteiger partial charge in [-0.1, -0.05) is 6.92 Å². The lowest BCUT2D eigenvalue weighted by Gasteiger charge is -2.38. The summed E-state index contributed by atoms with van der Waals surface area (Å²) >= 11 is 0. The van der Waals surface area contributed by atoms with Gasteiger partial charge >= 0.3 is 0 Å². The number of aryl methyl sites for hydroxylation is 1. The fourth-order valence-corrected chi connectivity index (χ4v) is 4.46. The molecule has 0 spiro atoms. The monoisotopic (exact) mass is 378 g/mol. The van der Waals surface area contributed by atoms with E-state index in [0.29, 0.717) is 24.8 Å². The topological polar surface area (TPSA) is 89.1 Å². The van der Waals surface area contributed by atoms with Crippen molar-refractivity contribution in [2.24, 2.45) is 11.8 Å². The van der Waals surface area contributed by atoms with Crippen molar-refractivity contribution in [1.82, 2.24) is 0 Å². The van der Waals surface area contributed by atoms with Crippen molar-refractivity contribution >= 4 is 5.78 Å². The summed E-state index contributed by atoms with van der Waals surface area (Å²) in [5, 5.41) is 20.9. The number of hydrogen-bond donors (Lipinski definition) is 2. The number of methoxy groups -OCH3 is 1. The lowest BCUT2D eigenvalue weighted by Crippen LogP contribution is -2.49. The molecule has 2 heterocycles. The molecule has 2 aliphatic rings. The van der Waals surface area contributed by atoms with Crippen molar-refractivity contribution in [2.45, 2.75) is 70.9 Å². The maximum absolute atomic E-state index is 12.6. The minimum atomic E-state index is -1.03. The van der Waals surface area contributed by atoms with E-state index in [9.17, 15) is 15.0 Å². The van der Waals surface area contributed by atoms with E-state index in [4.69, 9.17) is 13.9 Å². The van der Waals surface area contributed by atoms with Gasteiger partial charge in [-0.3, -0.25) is 4.79 Å². The first-order chi connectivity index (χ1) is 12.7. The Morgan fingerprint density at radius 2 is 2.07 bits per heavy atom. The highest BCUT2D eigenvalue weighted by atomic mass is 16.5. The first kappa shape index (κ1) is 20.1. The Morgan fingerprint density at radius 3 is 2.67 bits per heavy atom. The van der Waals surface area contributed by atoms with Crippen LogP contribution in [0.3, 0.4) is 0 Å². The number of aliphatic hydroxyl groups excluding tert-OH is 2. The summed E-state index contributed by atoms with van der Waals surface area (Å²) in [6, 6.07) is 1.94. The molecular weight excluding hydrogens is 348 g/mol. The standard InChI is InChI=1S/C21H30O6/c1-11-8-16(26-10-11)20(25-5)13(3)15-9-17(22)21(4,27-15)14-7-6-12(2)18(23)19(14)24/h8,10,13-15,17,20,22-23H,6-7,9H2,1-5H3/t13-,14+,15+,17+,20-,21-/m1/s1. The maximum Gasteiger partial charge on any atom is 0.203 e. The summed E-state index contributed by atoms with van der Waals surface area (Å²) in [5.41, 5.74) is 0.689. The third kappa shape index (κ3) is 3.46. The lowest BCUT2D eigenvalue weighted by molar-refractivity contribution is -0.153. The van der Waals surface area contributed by atoms with Crippen LogP contribution in [0.25, 0.3) is 0 Å². The third-order valence-electron chi connectivity index (χ3n) is 6.33.